The quantitative estimate of drug-likeness (QED) is 0.509. The first-order chi connectivity index (χ1) is 18.4. The number of piperidine rings is 1. The number of hydrogen-bond donors (Lipinski definition) is 3. The minimum atomic E-state index is -1.09. The topological polar surface area (TPSA) is 116 Å². The number of allylic oxidation sites excluding steroid dienone is 2. The van der Waals surface area contributed by atoms with E-state index in [0.29, 0.717) is 37.0 Å². The van der Waals surface area contributed by atoms with Gasteiger partial charge < -0.3 is 30.1 Å². The first-order valence-electron chi connectivity index (χ1n) is 13.0. The molecule has 1 aromatic rings. The van der Waals surface area contributed by atoms with Crippen molar-refractivity contribution in [2.75, 3.05) is 31.6 Å². The SMILES string of the molecule is C/C(C1=COCCN1C(=O)OC(C)(C)C)=C(/C)N1CCC2=CNC(Nc3ccc(CC(=O)O)c(F)c3)=NC2C1. The van der Waals surface area contributed by atoms with Gasteiger partial charge in [-0.1, -0.05) is 6.07 Å². The first-order valence-corrected chi connectivity index (χ1v) is 13.0. The molecule has 0 radical (unpaired) electrons. The summed E-state index contributed by atoms with van der Waals surface area (Å²) >= 11 is 0. The van der Waals surface area contributed by atoms with E-state index in [2.05, 4.69) is 15.5 Å². The van der Waals surface area contributed by atoms with Crippen LogP contribution in [-0.4, -0.2) is 70.8 Å². The number of carbonyl (C=O) groups is 2. The van der Waals surface area contributed by atoms with Gasteiger partial charge >= 0.3 is 12.1 Å². The fraction of sp³-hybridized carbons (Fsp3) is 0.464. The van der Waals surface area contributed by atoms with E-state index in [1.165, 1.54) is 17.7 Å². The maximum absolute atomic E-state index is 14.3. The second-order valence-corrected chi connectivity index (χ2v) is 10.8. The minimum absolute atomic E-state index is 0.111. The highest BCUT2D eigenvalue weighted by atomic mass is 19.1. The monoisotopic (exact) mass is 541 g/mol. The highest BCUT2D eigenvalue weighted by Gasteiger charge is 2.31. The lowest BCUT2D eigenvalue weighted by atomic mass is 9.97. The molecule has 4 rings (SSSR count). The fourth-order valence-corrected chi connectivity index (χ4v) is 4.62. The molecule has 0 saturated carbocycles. The van der Waals surface area contributed by atoms with Gasteiger partial charge in [0.25, 0.3) is 0 Å². The van der Waals surface area contributed by atoms with Crippen LogP contribution in [0.5, 0.6) is 0 Å². The van der Waals surface area contributed by atoms with E-state index in [0.717, 1.165) is 24.2 Å². The number of fused-ring (bicyclic) bond motifs is 1. The average Bonchev–Trinajstić information content (AvgIpc) is 2.88. The molecule has 10 nitrogen and oxygen atoms in total. The Hall–Kier alpha value is -4.02. The zero-order valence-electron chi connectivity index (χ0n) is 23.0. The van der Waals surface area contributed by atoms with Gasteiger partial charge in [-0.2, -0.15) is 0 Å². The third kappa shape index (κ3) is 6.90. The van der Waals surface area contributed by atoms with E-state index in [-0.39, 0.29) is 18.0 Å². The molecule has 1 fully saturated rings. The molecular weight excluding hydrogens is 505 g/mol. The van der Waals surface area contributed by atoms with E-state index in [4.69, 9.17) is 19.6 Å². The van der Waals surface area contributed by atoms with Crippen molar-refractivity contribution in [3.8, 4) is 0 Å². The van der Waals surface area contributed by atoms with Crippen molar-refractivity contribution in [3.05, 3.63) is 64.6 Å². The smallest absolute Gasteiger partial charge is 0.415 e. The summed E-state index contributed by atoms with van der Waals surface area (Å²) in [5.41, 5.74) is 3.77. The number of aliphatic imine (C=N–C) groups is 1. The lowest BCUT2D eigenvalue weighted by Crippen LogP contribution is -2.44. The molecule has 3 aliphatic rings. The number of rotatable bonds is 5. The number of carbonyl (C=O) groups excluding carboxylic acids is 1. The number of anilines is 1. The molecule has 0 aliphatic carbocycles. The Labute approximate surface area is 227 Å². The minimum Gasteiger partial charge on any atom is -0.497 e. The van der Waals surface area contributed by atoms with Crippen LogP contribution < -0.4 is 10.6 Å². The van der Waals surface area contributed by atoms with Crippen LogP contribution in [0.4, 0.5) is 14.9 Å². The van der Waals surface area contributed by atoms with Crippen molar-refractivity contribution < 1.29 is 28.6 Å². The first kappa shape index (κ1) is 28.0. The second-order valence-electron chi connectivity index (χ2n) is 10.8. The number of halogens is 1. The summed E-state index contributed by atoms with van der Waals surface area (Å²) in [5.74, 6) is -1.19. The largest absolute Gasteiger partial charge is 0.497 e. The summed E-state index contributed by atoms with van der Waals surface area (Å²) in [5, 5.41) is 15.1. The molecular formula is C28H36FN5O5. The van der Waals surface area contributed by atoms with Crippen LogP contribution in [0, 0.1) is 5.82 Å². The van der Waals surface area contributed by atoms with Gasteiger partial charge in [-0.3, -0.25) is 9.69 Å². The van der Waals surface area contributed by atoms with Crippen LogP contribution in [0.3, 0.4) is 0 Å². The highest BCUT2D eigenvalue weighted by molar-refractivity contribution is 5.95. The number of benzene rings is 1. The van der Waals surface area contributed by atoms with Crippen molar-refractivity contribution in [3.63, 3.8) is 0 Å². The van der Waals surface area contributed by atoms with Crippen LogP contribution in [0.1, 0.15) is 46.6 Å². The number of ether oxygens (including phenoxy) is 2. The number of nitrogens with zero attached hydrogens (tertiary/aromatic N) is 3. The van der Waals surface area contributed by atoms with Gasteiger partial charge in [0.1, 0.15) is 24.3 Å². The molecule has 1 unspecified atom stereocenters. The van der Waals surface area contributed by atoms with Crippen molar-refractivity contribution in [1.82, 2.24) is 15.1 Å². The van der Waals surface area contributed by atoms with Gasteiger partial charge in [0.15, 0.2) is 0 Å². The van der Waals surface area contributed by atoms with Gasteiger partial charge in [-0.25, -0.2) is 14.2 Å². The summed E-state index contributed by atoms with van der Waals surface area (Å²) in [4.78, 5) is 32.4. The molecule has 0 spiro atoms. The van der Waals surface area contributed by atoms with Crippen molar-refractivity contribution >= 4 is 23.7 Å². The fourth-order valence-electron chi connectivity index (χ4n) is 4.62. The summed E-state index contributed by atoms with van der Waals surface area (Å²) in [6.45, 7) is 11.8. The molecule has 39 heavy (non-hydrogen) atoms. The molecule has 0 bridgehead atoms. The van der Waals surface area contributed by atoms with Gasteiger partial charge in [0, 0.05) is 30.7 Å². The van der Waals surface area contributed by atoms with E-state index < -0.39 is 23.5 Å². The maximum Gasteiger partial charge on any atom is 0.415 e. The standard InChI is InChI=1S/C28H36FN5O5/c1-17(24-16-38-11-10-34(24)27(37)39-28(3,4)5)18(2)33-9-8-20-14-30-26(32-23(20)15-33)31-21-7-6-19(12-25(35)36)22(29)13-21/h6-7,13-14,16,23H,8-12,15H2,1-5H3,(H,35,36)(H2,30,31,32)/b18-17+. The molecule has 1 atom stereocenters. The number of aliphatic carboxylic acids is 1. The Morgan fingerprint density at radius 1 is 1.28 bits per heavy atom. The van der Waals surface area contributed by atoms with Crippen LogP contribution in [0.15, 0.2) is 58.2 Å². The molecule has 1 saturated heterocycles. The Kier molecular flexibility index (Phi) is 8.17. The van der Waals surface area contributed by atoms with Gasteiger partial charge in [-0.15, -0.1) is 0 Å². The summed E-state index contributed by atoms with van der Waals surface area (Å²) in [6.07, 6.45) is 3.58. The molecule has 3 aliphatic heterocycles. The highest BCUT2D eigenvalue weighted by Crippen LogP contribution is 2.29. The van der Waals surface area contributed by atoms with E-state index >= 15 is 0 Å². The molecule has 3 N–H and O–H groups in total. The predicted molar refractivity (Wildman–Crippen MR) is 145 cm³/mol. The van der Waals surface area contributed by atoms with Crippen molar-refractivity contribution in [2.24, 2.45) is 4.99 Å². The molecule has 0 aromatic heterocycles. The number of carboxylic acids is 1. The maximum atomic E-state index is 14.3. The number of carboxylic acid groups (broad SMARTS) is 1. The number of amides is 1. The number of hydrogen-bond acceptors (Lipinski definition) is 8. The normalized spacial score (nSPS) is 19.8. The lowest BCUT2D eigenvalue weighted by molar-refractivity contribution is -0.136. The van der Waals surface area contributed by atoms with E-state index in [1.807, 2.05) is 40.8 Å². The predicted octanol–water partition coefficient (Wildman–Crippen LogP) is 4.18. The number of likely N-dealkylation sites (tertiary alicyclic amines) is 1. The summed E-state index contributed by atoms with van der Waals surface area (Å²) in [6, 6.07) is 4.24. The molecule has 3 heterocycles. The van der Waals surface area contributed by atoms with Crippen molar-refractivity contribution in [1.29, 1.82) is 0 Å². The van der Waals surface area contributed by atoms with Crippen molar-refractivity contribution in [2.45, 2.75) is 59.1 Å². The van der Waals surface area contributed by atoms with Crippen LogP contribution in [0.25, 0.3) is 0 Å². The summed E-state index contributed by atoms with van der Waals surface area (Å²) < 4.78 is 25.5. The van der Waals surface area contributed by atoms with Crippen LogP contribution in [0.2, 0.25) is 0 Å². The Morgan fingerprint density at radius 3 is 2.74 bits per heavy atom. The third-order valence-electron chi connectivity index (χ3n) is 6.76. The lowest BCUT2D eigenvalue weighted by Gasteiger charge is -2.38. The zero-order chi connectivity index (χ0) is 28.3. The number of guanidine groups is 1. The Morgan fingerprint density at radius 2 is 2.05 bits per heavy atom. The van der Waals surface area contributed by atoms with Gasteiger partial charge in [0.05, 0.1) is 24.7 Å². The summed E-state index contributed by atoms with van der Waals surface area (Å²) in [7, 11) is 0. The zero-order valence-corrected chi connectivity index (χ0v) is 23.0. The van der Waals surface area contributed by atoms with Gasteiger partial charge in [0.2, 0.25) is 5.96 Å². The Balaban J connectivity index is 1.47. The van der Waals surface area contributed by atoms with Crippen LogP contribution >= 0.6 is 0 Å². The second kappa shape index (κ2) is 11.4. The van der Waals surface area contributed by atoms with E-state index in [9.17, 15) is 14.0 Å². The van der Waals surface area contributed by atoms with E-state index in [1.54, 1.807) is 17.2 Å². The average molecular weight is 542 g/mol. The molecule has 210 valence electrons. The molecule has 11 heteroatoms. The van der Waals surface area contributed by atoms with Gasteiger partial charge in [-0.05, 0) is 69.9 Å². The van der Waals surface area contributed by atoms with Crippen LogP contribution in [-0.2, 0) is 20.7 Å². The third-order valence-corrected chi connectivity index (χ3v) is 6.76. The molecule has 1 aromatic carbocycles. The Bertz CT molecular complexity index is 1260. The molecule has 1 amide bonds. The number of nitrogens with one attached hydrogen (secondary N) is 2.